The van der Waals surface area contributed by atoms with Gasteiger partial charge in [0.2, 0.25) is 5.78 Å². The Hall–Kier alpha value is -2.31. The number of imidazole rings is 1. The van der Waals surface area contributed by atoms with Crippen LogP contribution in [-0.2, 0) is 16.1 Å². The van der Waals surface area contributed by atoms with Gasteiger partial charge in [-0.2, -0.15) is 0 Å². The number of benzene rings is 1. The maximum Gasteiger partial charge on any atom is 0.326 e. The Morgan fingerprint density at radius 3 is 2.68 bits per heavy atom. The Bertz CT molecular complexity index is 1020. The van der Waals surface area contributed by atoms with Gasteiger partial charge in [-0.05, 0) is 26.0 Å². The summed E-state index contributed by atoms with van der Waals surface area (Å²) in [5.74, 6) is -0.0330. The van der Waals surface area contributed by atoms with Crippen LogP contribution in [0.25, 0.3) is 17.0 Å². The van der Waals surface area contributed by atoms with Crippen LogP contribution >= 0.6 is 23.2 Å². The van der Waals surface area contributed by atoms with Gasteiger partial charge >= 0.3 is 5.97 Å². The fourth-order valence-corrected chi connectivity index (χ4v) is 2.83. The molecule has 0 atom stereocenters. The molecule has 25 heavy (non-hydrogen) atoms. The highest BCUT2D eigenvalue weighted by Crippen LogP contribution is 2.28. The molecule has 2 heterocycles. The largest absolute Gasteiger partial charge is 0.465 e. The zero-order valence-corrected chi connectivity index (χ0v) is 15.1. The van der Waals surface area contributed by atoms with E-state index in [1.807, 2.05) is 0 Å². The molecule has 0 bridgehead atoms. The van der Waals surface area contributed by atoms with E-state index in [1.165, 1.54) is 10.5 Å². The minimum Gasteiger partial charge on any atom is -0.465 e. The number of rotatable bonds is 4. The molecule has 130 valence electrons. The smallest absolute Gasteiger partial charge is 0.326 e. The molecule has 0 saturated carbocycles. The SMILES string of the molecule is CCOC(=O)Cn1c(C)cc(=O)n2cc(-c3ccc(Cl)c(Cl)c3)nc12. The summed E-state index contributed by atoms with van der Waals surface area (Å²) >= 11 is 12.0. The monoisotopic (exact) mass is 379 g/mol. The lowest BCUT2D eigenvalue weighted by molar-refractivity contribution is -0.143. The Morgan fingerprint density at radius 2 is 2.00 bits per heavy atom. The molecule has 0 aliphatic rings. The first-order valence-corrected chi connectivity index (χ1v) is 8.37. The number of nitrogens with zero attached hydrogens (tertiary/aromatic N) is 3. The molecule has 0 aliphatic heterocycles. The summed E-state index contributed by atoms with van der Waals surface area (Å²) in [5.41, 5.74) is 1.67. The molecule has 3 rings (SSSR count). The van der Waals surface area contributed by atoms with Crippen LogP contribution in [0.1, 0.15) is 12.6 Å². The zero-order valence-electron chi connectivity index (χ0n) is 13.6. The van der Waals surface area contributed by atoms with Gasteiger partial charge < -0.3 is 9.30 Å². The minimum atomic E-state index is -0.393. The van der Waals surface area contributed by atoms with E-state index in [0.717, 1.165) is 5.56 Å². The second-order valence-corrected chi connectivity index (χ2v) is 6.25. The van der Waals surface area contributed by atoms with Crippen molar-refractivity contribution in [2.24, 2.45) is 0 Å². The van der Waals surface area contributed by atoms with E-state index in [4.69, 9.17) is 27.9 Å². The van der Waals surface area contributed by atoms with Gasteiger partial charge in [0.1, 0.15) is 6.54 Å². The fraction of sp³-hybridized carbons (Fsp3) is 0.235. The number of hydrogen-bond acceptors (Lipinski definition) is 4. The molecule has 8 heteroatoms. The molecule has 0 amide bonds. The lowest BCUT2D eigenvalue weighted by Gasteiger charge is -2.10. The minimum absolute atomic E-state index is 0.0265. The Morgan fingerprint density at radius 1 is 1.24 bits per heavy atom. The lowest BCUT2D eigenvalue weighted by Crippen LogP contribution is -2.22. The zero-order chi connectivity index (χ0) is 18.1. The van der Waals surface area contributed by atoms with Crippen LogP contribution in [0.3, 0.4) is 0 Å². The number of aromatic nitrogens is 3. The molecule has 0 saturated heterocycles. The van der Waals surface area contributed by atoms with Gasteiger partial charge in [0, 0.05) is 23.5 Å². The quantitative estimate of drug-likeness (QED) is 0.652. The topological polar surface area (TPSA) is 65.6 Å². The molecule has 0 spiro atoms. The molecule has 0 fully saturated rings. The molecule has 0 radical (unpaired) electrons. The summed E-state index contributed by atoms with van der Waals surface area (Å²) in [5, 5.41) is 0.834. The van der Waals surface area contributed by atoms with Crippen LogP contribution < -0.4 is 5.56 Å². The van der Waals surface area contributed by atoms with Crippen LogP contribution in [0.2, 0.25) is 10.0 Å². The fourth-order valence-electron chi connectivity index (χ4n) is 2.53. The van der Waals surface area contributed by atoms with Crippen molar-refractivity contribution in [3.63, 3.8) is 0 Å². The van der Waals surface area contributed by atoms with Gasteiger partial charge in [-0.25, -0.2) is 4.98 Å². The molecule has 6 nitrogen and oxygen atoms in total. The van der Waals surface area contributed by atoms with Crippen LogP contribution in [0.15, 0.2) is 35.3 Å². The average molecular weight is 380 g/mol. The highest BCUT2D eigenvalue weighted by Gasteiger charge is 2.15. The van der Waals surface area contributed by atoms with Crippen molar-refractivity contribution >= 4 is 34.9 Å². The van der Waals surface area contributed by atoms with Crippen molar-refractivity contribution in [2.45, 2.75) is 20.4 Å². The van der Waals surface area contributed by atoms with Gasteiger partial charge in [0.15, 0.2) is 0 Å². The Kier molecular flexibility index (Phi) is 4.83. The van der Waals surface area contributed by atoms with Crippen molar-refractivity contribution in [3.8, 4) is 11.3 Å². The molecule has 0 unspecified atom stereocenters. The standard InChI is InChI=1S/C17H15Cl2N3O3/c1-3-25-16(24)9-21-10(2)6-15(23)22-8-14(20-17(21)22)11-4-5-12(18)13(19)7-11/h4-8H,3,9H2,1-2H3. The number of carbonyl (C=O) groups excluding carboxylic acids is 1. The Labute approximate surface area is 153 Å². The maximum atomic E-state index is 12.3. The third-order valence-corrected chi connectivity index (χ3v) is 4.47. The summed E-state index contributed by atoms with van der Waals surface area (Å²) in [7, 11) is 0. The van der Waals surface area contributed by atoms with Crippen LogP contribution in [-0.4, -0.2) is 26.5 Å². The summed E-state index contributed by atoms with van der Waals surface area (Å²) < 4.78 is 8.03. The Balaban J connectivity index is 2.15. The second-order valence-electron chi connectivity index (χ2n) is 5.44. The van der Waals surface area contributed by atoms with Crippen molar-refractivity contribution in [3.05, 3.63) is 56.6 Å². The predicted octanol–water partition coefficient (Wildman–Crippen LogP) is 3.34. The van der Waals surface area contributed by atoms with Crippen LogP contribution in [0.4, 0.5) is 0 Å². The van der Waals surface area contributed by atoms with Gasteiger partial charge in [-0.15, -0.1) is 0 Å². The van der Waals surface area contributed by atoms with Gasteiger partial charge in [-0.3, -0.25) is 14.0 Å². The summed E-state index contributed by atoms with van der Waals surface area (Å²) in [6.45, 7) is 3.75. The molecule has 1 aromatic carbocycles. The normalized spacial score (nSPS) is 11.0. The average Bonchev–Trinajstić information content (AvgIpc) is 3.00. The molecular weight excluding hydrogens is 365 g/mol. The van der Waals surface area contributed by atoms with Crippen molar-refractivity contribution < 1.29 is 9.53 Å². The van der Waals surface area contributed by atoms with Gasteiger partial charge in [0.25, 0.3) is 5.56 Å². The first kappa shape index (κ1) is 17.5. The molecule has 3 aromatic rings. The maximum absolute atomic E-state index is 12.3. The van der Waals surface area contributed by atoms with E-state index >= 15 is 0 Å². The highest BCUT2D eigenvalue weighted by molar-refractivity contribution is 6.42. The third kappa shape index (κ3) is 3.41. The van der Waals surface area contributed by atoms with Crippen LogP contribution in [0.5, 0.6) is 0 Å². The number of halogens is 2. The van der Waals surface area contributed by atoms with E-state index in [2.05, 4.69) is 4.98 Å². The predicted molar refractivity (Wildman–Crippen MR) is 96.3 cm³/mol. The molecule has 2 aromatic heterocycles. The summed E-state index contributed by atoms with van der Waals surface area (Å²) in [4.78, 5) is 28.6. The number of ether oxygens (including phenoxy) is 1. The van der Waals surface area contributed by atoms with Crippen LogP contribution in [0, 0.1) is 6.92 Å². The summed E-state index contributed by atoms with van der Waals surface area (Å²) in [6, 6.07) is 6.56. The van der Waals surface area contributed by atoms with Gasteiger partial charge in [-0.1, -0.05) is 29.3 Å². The second kappa shape index (κ2) is 6.90. The lowest BCUT2D eigenvalue weighted by atomic mass is 10.2. The number of carbonyl (C=O) groups is 1. The first-order valence-electron chi connectivity index (χ1n) is 7.61. The van der Waals surface area contributed by atoms with E-state index in [-0.39, 0.29) is 18.7 Å². The number of hydrogen-bond donors (Lipinski definition) is 0. The van der Waals surface area contributed by atoms with E-state index in [0.29, 0.717) is 27.2 Å². The van der Waals surface area contributed by atoms with Crippen molar-refractivity contribution in [2.75, 3.05) is 6.61 Å². The number of aryl methyl sites for hydroxylation is 1. The first-order chi connectivity index (χ1) is 11.9. The van der Waals surface area contributed by atoms with E-state index < -0.39 is 5.97 Å². The van der Waals surface area contributed by atoms with Gasteiger partial charge in [0.05, 0.1) is 22.3 Å². The number of fused-ring (bicyclic) bond motifs is 1. The van der Waals surface area contributed by atoms with Crippen molar-refractivity contribution in [1.82, 2.24) is 14.0 Å². The number of esters is 1. The highest BCUT2D eigenvalue weighted by atomic mass is 35.5. The molecular formula is C17H15Cl2N3O3. The van der Waals surface area contributed by atoms with E-state index in [1.54, 1.807) is 42.8 Å². The molecule has 0 aliphatic carbocycles. The molecule has 0 N–H and O–H groups in total. The van der Waals surface area contributed by atoms with Crippen molar-refractivity contribution in [1.29, 1.82) is 0 Å². The summed E-state index contributed by atoms with van der Waals surface area (Å²) in [6.07, 6.45) is 1.61. The third-order valence-electron chi connectivity index (χ3n) is 3.73. The van der Waals surface area contributed by atoms with E-state index in [9.17, 15) is 9.59 Å².